The summed E-state index contributed by atoms with van der Waals surface area (Å²) in [7, 11) is 0. The lowest BCUT2D eigenvalue weighted by Crippen LogP contribution is -2.45. The molecule has 1 unspecified atom stereocenters. The van der Waals surface area contributed by atoms with Gasteiger partial charge in [-0.1, -0.05) is 25.5 Å². The predicted octanol–water partition coefficient (Wildman–Crippen LogP) is 1.66. The standard InChI is InChI=1S/C12H22N2OS/c1-9(2)10-4-3-5-11(8-10)14(6-7-15)12(13)16/h8-9,11,15H,3-7H2,1-2H3,(H2,13,16). The molecule has 0 aromatic carbocycles. The summed E-state index contributed by atoms with van der Waals surface area (Å²) >= 11 is 5.03. The van der Waals surface area contributed by atoms with E-state index in [4.69, 9.17) is 23.1 Å². The van der Waals surface area contributed by atoms with E-state index in [0.717, 1.165) is 6.42 Å². The van der Waals surface area contributed by atoms with Crippen LogP contribution in [0, 0.1) is 5.92 Å². The van der Waals surface area contributed by atoms with E-state index < -0.39 is 0 Å². The summed E-state index contributed by atoms with van der Waals surface area (Å²) in [4.78, 5) is 1.93. The highest BCUT2D eigenvalue weighted by atomic mass is 32.1. The molecular formula is C12H22N2OS. The quantitative estimate of drug-likeness (QED) is 0.581. The first-order chi connectivity index (χ1) is 7.56. The summed E-state index contributed by atoms with van der Waals surface area (Å²) in [6.07, 6.45) is 5.72. The second-order valence-corrected chi connectivity index (χ2v) is 5.03. The fraction of sp³-hybridized carbons (Fsp3) is 0.750. The Balaban J connectivity index is 2.77. The number of aliphatic hydroxyl groups is 1. The number of thiocarbonyl (C=S) groups is 1. The van der Waals surface area contributed by atoms with Gasteiger partial charge in [-0.2, -0.15) is 0 Å². The molecule has 0 amide bonds. The maximum atomic E-state index is 9.01. The van der Waals surface area contributed by atoms with Crippen molar-refractivity contribution in [3.63, 3.8) is 0 Å². The van der Waals surface area contributed by atoms with Gasteiger partial charge in [0.2, 0.25) is 0 Å². The van der Waals surface area contributed by atoms with Crippen LogP contribution in [0.5, 0.6) is 0 Å². The van der Waals surface area contributed by atoms with E-state index >= 15 is 0 Å². The second kappa shape index (κ2) is 6.21. The zero-order chi connectivity index (χ0) is 12.1. The molecule has 0 aliphatic heterocycles. The van der Waals surface area contributed by atoms with Crippen LogP contribution < -0.4 is 5.73 Å². The molecule has 0 aromatic heterocycles. The van der Waals surface area contributed by atoms with Gasteiger partial charge in [0.15, 0.2) is 5.11 Å². The van der Waals surface area contributed by atoms with Gasteiger partial charge in [-0.25, -0.2) is 0 Å². The number of rotatable bonds is 4. The molecule has 0 radical (unpaired) electrons. The molecule has 0 heterocycles. The minimum Gasteiger partial charge on any atom is -0.395 e. The summed E-state index contributed by atoms with van der Waals surface area (Å²) in [5, 5.41) is 9.40. The Bertz CT molecular complexity index is 276. The van der Waals surface area contributed by atoms with Crippen LogP contribution in [0.25, 0.3) is 0 Å². The van der Waals surface area contributed by atoms with Gasteiger partial charge in [0, 0.05) is 12.6 Å². The van der Waals surface area contributed by atoms with Gasteiger partial charge >= 0.3 is 0 Å². The Hall–Kier alpha value is -0.610. The molecule has 3 nitrogen and oxygen atoms in total. The van der Waals surface area contributed by atoms with Crippen molar-refractivity contribution in [2.24, 2.45) is 11.7 Å². The molecule has 0 spiro atoms. The molecule has 0 aromatic rings. The SMILES string of the molecule is CC(C)C1=CC(N(CCO)C(N)=S)CCC1. The van der Waals surface area contributed by atoms with E-state index in [2.05, 4.69) is 19.9 Å². The van der Waals surface area contributed by atoms with Crippen LogP contribution in [0.1, 0.15) is 33.1 Å². The topological polar surface area (TPSA) is 49.5 Å². The van der Waals surface area contributed by atoms with Gasteiger partial charge in [-0.3, -0.25) is 0 Å². The third-order valence-corrected chi connectivity index (χ3v) is 3.37. The van der Waals surface area contributed by atoms with E-state index in [1.165, 1.54) is 18.4 Å². The van der Waals surface area contributed by atoms with Crippen LogP contribution in [0.3, 0.4) is 0 Å². The first kappa shape index (κ1) is 13.5. The molecule has 0 bridgehead atoms. The van der Waals surface area contributed by atoms with E-state index in [0.29, 0.717) is 17.6 Å². The summed E-state index contributed by atoms with van der Waals surface area (Å²) < 4.78 is 0. The summed E-state index contributed by atoms with van der Waals surface area (Å²) in [5.74, 6) is 0.588. The monoisotopic (exact) mass is 242 g/mol. The third-order valence-electron chi connectivity index (χ3n) is 3.14. The zero-order valence-corrected chi connectivity index (χ0v) is 11.0. The first-order valence-electron chi connectivity index (χ1n) is 5.93. The highest BCUT2D eigenvalue weighted by Gasteiger charge is 2.21. The first-order valence-corrected chi connectivity index (χ1v) is 6.34. The van der Waals surface area contributed by atoms with Crippen molar-refractivity contribution in [1.29, 1.82) is 0 Å². The average molecular weight is 242 g/mol. The largest absolute Gasteiger partial charge is 0.395 e. The molecule has 16 heavy (non-hydrogen) atoms. The molecule has 1 rings (SSSR count). The van der Waals surface area contributed by atoms with Gasteiger partial charge in [-0.05, 0) is 37.4 Å². The zero-order valence-electron chi connectivity index (χ0n) is 10.1. The lowest BCUT2D eigenvalue weighted by Gasteiger charge is -2.33. The highest BCUT2D eigenvalue weighted by Crippen LogP contribution is 2.26. The van der Waals surface area contributed by atoms with Crippen molar-refractivity contribution >= 4 is 17.3 Å². The van der Waals surface area contributed by atoms with Gasteiger partial charge in [0.1, 0.15) is 0 Å². The molecule has 1 atom stereocenters. The van der Waals surface area contributed by atoms with Crippen LogP contribution in [-0.2, 0) is 0 Å². The fourth-order valence-electron chi connectivity index (χ4n) is 2.20. The van der Waals surface area contributed by atoms with E-state index in [1.807, 2.05) is 4.90 Å². The molecule has 4 heteroatoms. The number of hydrogen-bond donors (Lipinski definition) is 2. The summed E-state index contributed by atoms with van der Waals surface area (Å²) in [5.41, 5.74) is 7.17. The smallest absolute Gasteiger partial charge is 0.166 e. The van der Waals surface area contributed by atoms with Crippen LogP contribution in [0.15, 0.2) is 11.6 Å². The van der Waals surface area contributed by atoms with Crippen LogP contribution >= 0.6 is 12.2 Å². The molecule has 0 saturated carbocycles. The van der Waals surface area contributed by atoms with E-state index in [9.17, 15) is 0 Å². The molecule has 0 saturated heterocycles. The lowest BCUT2D eigenvalue weighted by molar-refractivity contribution is 0.226. The van der Waals surface area contributed by atoms with Crippen LogP contribution in [-0.4, -0.2) is 34.3 Å². The fourth-order valence-corrected chi connectivity index (χ4v) is 2.43. The van der Waals surface area contributed by atoms with Crippen molar-refractivity contribution in [3.8, 4) is 0 Å². The third kappa shape index (κ3) is 3.46. The van der Waals surface area contributed by atoms with Gasteiger partial charge < -0.3 is 15.7 Å². The molecule has 3 N–H and O–H groups in total. The molecule has 1 aliphatic carbocycles. The average Bonchev–Trinajstić information content (AvgIpc) is 2.25. The molecule has 92 valence electrons. The summed E-state index contributed by atoms with van der Waals surface area (Å²) in [6, 6.07) is 0.274. The Morgan fingerprint density at radius 2 is 2.38 bits per heavy atom. The predicted molar refractivity (Wildman–Crippen MR) is 71.1 cm³/mol. The minimum atomic E-state index is 0.0959. The lowest BCUT2D eigenvalue weighted by atomic mass is 9.88. The summed E-state index contributed by atoms with van der Waals surface area (Å²) in [6.45, 7) is 5.05. The Labute approximate surface area is 103 Å². The van der Waals surface area contributed by atoms with Gasteiger partial charge in [-0.15, -0.1) is 0 Å². The van der Waals surface area contributed by atoms with E-state index in [1.54, 1.807) is 0 Å². The van der Waals surface area contributed by atoms with Crippen LogP contribution in [0.2, 0.25) is 0 Å². The number of nitrogens with two attached hydrogens (primary N) is 1. The number of hydrogen-bond acceptors (Lipinski definition) is 2. The minimum absolute atomic E-state index is 0.0959. The van der Waals surface area contributed by atoms with E-state index in [-0.39, 0.29) is 12.6 Å². The Kier molecular flexibility index (Phi) is 5.22. The molecular weight excluding hydrogens is 220 g/mol. The van der Waals surface area contributed by atoms with Crippen molar-refractivity contribution in [2.45, 2.75) is 39.2 Å². The van der Waals surface area contributed by atoms with Crippen molar-refractivity contribution < 1.29 is 5.11 Å². The number of aliphatic hydroxyl groups excluding tert-OH is 1. The number of allylic oxidation sites excluding steroid dienone is 1. The second-order valence-electron chi connectivity index (χ2n) is 4.61. The maximum absolute atomic E-state index is 9.01. The van der Waals surface area contributed by atoms with Crippen molar-refractivity contribution in [3.05, 3.63) is 11.6 Å². The van der Waals surface area contributed by atoms with Gasteiger partial charge in [0.25, 0.3) is 0 Å². The van der Waals surface area contributed by atoms with Crippen LogP contribution in [0.4, 0.5) is 0 Å². The maximum Gasteiger partial charge on any atom is 0.166 e. The van der Waals surface area contributed by atoms with Crippen molar-refractivity contribution in [1.82, 2.24) is 4.90 Å². The highest BCUT2D eigenvalue weighted by molar-refractivity contribution is 7.80. The Morgan fingerprint density at radius 1 is 1.69 bits per heavy atom. The normalized spacial score (nSPS) is 20.8. The number of nitrogens with zero attached hydrogens (tertiary/aromatic N) is 1. The Morgan fingerprint density at radius 3 is 2.88 bits per heavy atom. The van der Waals surface area contributed by atoms with Gasteiger partial charge in [0.05, 0.1) is 6.61 Å². The van der Waals surface area contributed by atoms with Crippen molar-refractivity contribution in [2.75, 3.05) is 13.2 Å². The molecule has 1 aliphatic rings. The molecule has 0 fully saturated rings.